The van der Waals surface area contributed by atoms with E-state index in [0.29, 0.717) is 32.5 Å². The number of carbonyl (C=O) groups excluding carboxylic acids is 2. The number of amides is 3. The molecule has 1 unspecified atom stereocenters. The highest BCUT2D eigenvalue weighted by atomic mass is 16.4. The smallest absolute Gasteiger partial charge is 0.317 e. The van der Waals surface area contributed by atoms with E-state index in [1.165, 1.54) is 0 Å². The van der Waals surface area contributed by atoms with Gasteiger partial charge in [0.2, 0.25) is 5.91 Å². The first-order valence-electron chi connectivity index (χ1n) is 7.46. The minimum absolute atomic E-state index is 0.0562. The molecule has 3 amide bonds. The minimum atomic E-state index is -0.865. The third kappa shape index (κ3) is 4.09. The predicted molar refractivity (Wildman–Crippen MR) is 75.7 cm³/mol. The molecule has 21 heavy (non-hydrogen) atoms. The molecule has 1 atom stereocenters. The summed E-state index contributed by atoms with van der Waals surface area (Å²) < 4.78 is 0. The van der Waals surface area contributed by atoms with Gasteiger partial charge in [-0.1, -0.05) is 0 Å². The van der Waals surface area contributed by atoms with Crippen LogP contribution in [0.2, 0.25) is 0 Å². The normalized spacial score (nSPS) is 25.3. The van der Waals surface area contributed by atoms with E-state index in [4.69, 9.17) is 0 Å². The van der Waals surface area contributed by atoms with Crippen LogP contribution in [0.4, 0.5) is 4.79 Å². The van der Waals surface area contributed by atoms with Crippen molar-refractivity contribution in [1.29, 1.82) is 0 Å². The number of carbonyl (C=O) groups is 3. The quantitative estimate of drug-likeness (QED) is 0.640. The maximum atomic E-state index is 12.0. The van der Waals surface area contributed by atoms with Crippen molar-refractivity contribution in [3.63, 3.8) is 0 Å². The van der Waals surface area contributed by atoms with Gasteiger partial charge >= 0.3 is 12.0 Å². The molecule has 1 heterocycles. The lowest BCUT2D eigenvalue weighted by atomic mass is 9.82. The molecule has 2 rings (SSSR count). The van der Waals surface area contributed by atoms with E-state index >= 15 is 0 Å². The lowest BCUT2D eigenvalue weighted by Crippen LogP contribution is -2.52. The second-order valence-electron chi connectivity index (χ2n) is 6.19. The highest BCUT2D eigenvalue weighted by molar-refractivity contribution is 5.81. The molecule has 0 aromatic heterocycles. The molecular weight excluding hydrogens is 274 g/mol. The lowest BCUT2D eigenvalue weighted by molar-refractivity contribution is -0.150. The Bertz CT molecular complexity index is 436. The van der Waals surface area contributed by atoms with E-state index in [9.17, 15) is 19.5 Å². The number of aliphatic carboxylic acids is 1. The second kappa shape index (κ2) is 6.32. The van der Waals surface area contributed by atoms with Crippen molar-refractivity contribution in [3.05, 3.63) is 0 Å². The van der Waals surface area contributed by atoms with Crippen molar-refractivity contribution >= 4 is 17.9 Å². The van der Waals surface area contributed by atoms with Gasteiger partial charge in [0, 0.05) is 32.1 Å². The third-order valence-corrected chi connectivity index (χ3v) is 4.15. The lowest BCUT2D eigenvalue weighted by Gasteiger charge is -2.37. The minimum Gasteiger partial charge on any atom is -0.481 e. The first kappa shape index (κ1) is 15.6. The number of urea groups is 1. The number of nitrogens with zero attached hydrogens (tertiary/aromatic N) is 1. The first-order valence-corrected chi connectivity index (χ1v) is 7.46. The molecule has 1 saturated heterocycles. The van der Waals surface area contributed by atoms with Crippen molar-refractivity contribution in [2.45, 2.75) is 32.6 Å². The molecule has 0 bridgehead atoms. The number of carboxylic acid groups (broad SMARTS) is 1. The maximum Gasteiger partial charge on any atom is 0.317 e. The summed E-state index contributed by atoms with van der Waals surface area (Å²) in [5, 5.41) is 14.7. The van der Waals surface area contributed by atoms with E-state index in [1.54, 1.807) is 11.8 Å². The topological polar surface area (TPSA) is 98.7 Å². The fourth-order valence-corrected chi connectivity index (χ4v) is 2.54. The Hall–Kier alpha value is -1.79. The van der Waals surface area contributed by atoms with Crippen molar-refractivity contribution < 1.29 is 19.5 Å². The number of rotatable bonds is 5. The van der Waals surface area contributed by atoms with Gasteiger partial charge in [-0.05, 0) is 32.6 Å². The monoisotopic (exact) mass is 297 g/mol. The van der Waals surface area contributed by atoms with Crippen LogP contribution >= 0.6 is 0 Å². The second-order valence-corrected chi connectivity index (χ2v) is 6.19. The van der Waals surface area contributed by atoms with E-state index in [1.807, 2.05) is 0 Å². The maximum absolute atomic E-state index is 12.0. The van der Waals surface area contributed by atoms with Crippen LogP contribution in [-0.4, -0.2) is 54.1 Å². The molecule has 3 N–H and O–H groups in total. The largest absolute Gasteiger partial charge is 0.481 e. The molecule has 7 nitrogen and oxygen atoms in total. The van der Waals surface area contributed by atoms with Crippen LogP contribution in [0, 0.1) is 11.3 Å². The summed E-state index contributed by atoms with van der Waals surface area (Å²) in [4.78, 5) is 36.2. The molecule has 0 radical (unpaired) electrons. The van der Waals surface area contributed by atoms with Crippen LogP contribution < -0.4 is 10.6 Å². The summed E-state index contributed by atoms with van der Waals surface area (Å²) in [5.74, 6) is -0.642. The number of likely N-dealkylation sites (tertiary alicyclic amines) is 1. The van der Waals surface area contributed by atoms with E-state index in [0.717, 1.165) is 12.8 Å². The van der Waals surface area contributed by atoms with E-state index in [-0.39, 0.29) is 24.4 Å². The van der Waals surface area contributed by atoms with Crippen molar-refractivity contribution in [2.75, 3.05) is 26.2 Å². The molecule has 7 heteroatoms. The van der Waals surface area contributed by atoms with Crippen LogP contribution in [0.3, 0.4) is 0 Å². The zero-order chi connectivity index (χ0) is 15.5. The van der Waals surface area contributed by atoms with Gasteiger partial charge < -0.3 is 20.6 Å². The number of nitrogens with one attached hydrogen (secondary N) is 2. The standard InChI is InChI=1S/C14H23N3O4/c1-14(12(19)20)5-2-8-17(9-14)13(21)16-7-6-15-11(18)10-3-4-10/h10H,2-9H2,1H3,(H,15,18)(H,16,21)(H,19,20). The first-order chi connectivity index (χ1) is 9.92. The molecular formula is C14H23N3O4. The number of carboxylic acids is 1. The Morgan fingerprint density at radius 1 is 1.24 bits per heavy atom. The average molecular weight is 297 g/mol. The Kier molecular flexibility index (Phi) is 4.69. The summed E-state index contributed by atoms with van der Waals surface area (Å²) in [6, 6.07) is -0.261. The van der Waals surface area contributed by atoms with Crippen molar-refractivity contribution in [3.8, 4) is 0 Å². The van der Waals surface area contributed by atoms with E-state index in [2.05, 4.69) is 10.6 Å². The Labute approximate surface area is 124 Å². The molecule has 0 spiro atoms. The van der Waals surface area contributed by atoms with Gasteiger partial charge in [0.15, 0.2) is 0 Å². The SMILES string of the molecule is CC1(C(=O)O)CCCN(C(=O)NCCNC(=O)C2CC2)C1. The van der Waals surface area contributed by atoms with Gasteiger partial charge in [-0.2, -0.15) is 0 Å². The summed E-state index contributed by atoms with van der Waals surface area (Å²) >= 11 is 0. The summed E-state index contributed by atoms with van der Waals surface area (Å²) in [6.07, 6.45) is 3.19. The summed E-state index contributed by atoms with van der Waals surface area (Å²) in [5.41, 5.74) is -0.865. The zero-order valence-electron chi connectivity index (χ0n) is 12.4. The van der Waals surface area contributed by atoms with Crippen LogP contribution in [-0.2, 0) is 9.59 Å². The average Bonchev–Trinajstić information content (AvgIpc) is 3.27. The Morgan fingerprint density at radius 3 is 2.52 bits per heavy atom. The van der Waals surface area contributed by atoms with Gasteiger partial charge in [0.1, 0.15) is 0 Å². The fraction of sp³-hybridized carbons (Fsp3) is 0.786. The Balaban J connectivity index is 1.70. The molecule has 2 fully saturated rings. The highest BCUT2D eigenvalue weighted by Crippen LogP contribution is 2.29. The molecule has 2 aliphatic rings. The number of hydrogen-bond acceptors (Lipinski definition) is 3. The molecule has 1 saturated carbocycles. The van der Waals surface area contributed by atoms with Gasteiger partial charge in [0.05, 0.1) is 5.41 Å². The number of piperidine rings is 1. The molecule has 0 aromatic carbocycles. The van der Waals surface area contributed by atoms with Crippen molar-refractivity contribution in [2.24, 2.45) is 11.3 Å². The van der Waals surface area contributed by atoms with Gasteiger partial charge in [-0.15, -0.1) is 0 Å². The fourth-order valence-electron chi connectivity index (χ4n) is 2.54. The Morgan fingerprint density at radius 2 is 1.90 bits per heavy atom. The molecule has 1 aliphatic carbocycles. The molecule has 118 valence electrons. The van der Waals surface area contributed by atoms with Crippen molar-refractivity contribution in [1.82, 2.24) is 15.5 Å². The van der Waals surface area contributed by atoms with Crippen LogP contribution in [0.5, 0.6) is 0 Å². The van der Waals surface area contributed by atoms with E-state index < -0.39 is 11.4 Å². The van der Waals surface area contributed by atoms with Crippen LogP contribution in [0.25, 0.3) is 0 Å². The molecule has 1 aliphatic heterocycles. The predicted octanol–water partition coefficient (Wildman–Crippen LogP) is 0.409. The highest BCUT2D eigenvalue weighted by Gasteiger charge is 2.39. The van der Waals surface area contributed by atoms with Crippen LogP contribution in [0.15, 0.2) is 0 Å². The number of hydrogen-bond donors (Lipinski definition) is 3. The molecule has 0 aromatic rings. The van der Waals surface area contributed by atoms with Gasteiger partial charge in [-0.3, -0.25) is 9.59 Å². The zero-order valence-corrected chi connectivity index (χ0v) is 12.4. The summed E-state index contributed by atoms with van der Waals surface area (Å²) in [6.45, 7) is 3.24. The van der Waals surface area contributed by atoms with Gasteiger partial charge in [0.25, 0.3) is 0 Å². The van der Waals surface area contributed by atoms with Crippen LogP contribution in [0.1, 0.15) is 32.6 Å². The summed E-state index contributed by atoms with van der Waals surface area (Å²) in [7, 11) is 0. The third-order valence-electron chi connectivity index (χ3n) is 4.15. The van der Waals surface area contributed by atoms with Gasteiger partial charge in [-0.25, -0.2) is 4.79 Å².